The number of halogens is 1. The highest BCUT2D eigenvalue weighted by Crippen LogP contribution is 2.06. The highest BCUT2D eigenvalue weighted by atomic mass is 35.5. The molecule has 1 heterocycles. The van der Waals surface area contributed by atoms with Crippen LogP contribution in [0, 0.1) is 0 Å². The third-order valence-corrected chi connectivity index (χ3v) is 1.98. The van der Waals surface area contributed by atoms with Gasteiger partial charge in [-0.1, -0.05) is 29.7 Å². The SMILES string of the molecule is CC/C(C)=N/OCc1ccc(Cl)nc1. The van der Waals surface area contributed by atoms with Crippen LogP contribution in [0.15, 0.2) is 23.5 Å². The van der Waals surface area contributed by atoms with Crippen LogP contribution in [0.3, 0.4) is 0 Å². The van der Waals surface area contributed by atoms with Crippen molar-refractivity contribution in [1.82, 2.24) is 4.98 Å². The Morgan fingerprint density at radius 3 is 2.93 bits per heavy atom. The van der Waals surface area contributed by atoms with Crippen molar-refractivity contribution in [1.29, 1.82) is 0 Å². The first-order valence-corrected chi connectivity index (χ1v) is 4.86. The summed E-state index contributed by atoms with van der Waals surface area (Å²) in [6.45, 7) is 4.40. The van der Waals surface area contributed by atoms with Crippen molar-refractivity contribution in [2.75, 3.05) is 0 Å². The molecule has 1 rings (SSSR count). The molecule has 0 spiro atoms. The molecule has 0 amide bonds. The molecule has 1 aromatic rings. The molecule has 0 bridgehead atoms. The van der Waals surface area contributed by atoms with E-state index in [0.717, 1.165) is 17.7 Å². The lowest BCUT2D eigenvalue weighted by Gasteiger charge is -2.00. The first-order chi connectivity index (χ1) is 6.72. The van der Waals surface area contributed by atoms with Crippen LogP contribution in [0.5, 0.6) is 0 Å². The van der Waals surface area contributed by atoms with Crippen LogP contribution in [0.1, 0.15) is 25.8 Å². The van der Waals surface area contributed by atoms with E-state index >= 15 is 0 Å². The zero-order chi connectivity index (χ0) is 10.4. The van der Waals surface area contributed by atoms with Crippen molar-refractivity contribution < 1.29 is 4.84 Å². The summed E-state index contributed by atoms with van der Waals surface area (Å²) in [4.78, 5) is 9.05. The highest BCUT2D eigenvalue weighted by Gasteiger charge is 1.94. The van der Waals surface area contributed by atoms with Gasteiger partial charge in [0.25, 0.3) is 0 Å². The lowest BCUT2D eigenvalue weighted by atomic mass is 10.3. The smallest absolute Gasteiger partial charge is 0.143 e. The van der Waals surface area contributed by atoms with Crippen molar-refractivity contribution >= 4 is 17.3 Å². The lowest BCUT2D eigenvalue weighted by molar-refractivity contribution is 0.129. The first-order valence-electron chi connectivity index (χ1n) is 4.48. The molecule has 4 heteroatoms. The fourth-order valence-electron chi connectivity index (χ4n) is 0.773. The fourth-order valence-corrected chi connectivity index (χ4v) is 0.885. The van der Waals surface area contributed by atoms with Gasteiger partial charge in [0, 0.05) is 11.8 Å². The minimum atomic E-state index is 0.432. The number of hydrogen-bond acceptors (Lipinski definition) is 3. The molecule has 0 aliphatic heterocycles. The molecule has 3 nitrogen and oxygen atoms in total. The summed E-state index contributed by atoms with van der Waals surface area (Å²) in [7, 11) is 0. The summed E-state index contributed by atoms with van der Waals surface area (Å²) in [6.07, 6.45) is 2.58. The summed E-state index contributed by atoms with van der Waals surface area (Å²) < 4.78 is 0. The maximum atomic E-state index is 5.64. The number of oxime groups is 1. The highest BCUT2D eigenvalue weighted by molar-refractivity contribution is 6.29. The maximum Gasteiger partial charge on any atom is 0.143 e. The Morgan fingerprint density at radius 1 is 1.57 bits per heavy atom. The quantitative estimate of drug-likeness (QED) is 0.437. The molecule has 0 radical (unpaired) electrons. The Morgan fingerprint density at radius 2 is 2.36 bits per heavy atom. The molecule has 76 valence electrons. The molecule has 0 atom stereocenters. The molecule has 0 N–H and O–H groups in total. The summed E-state index contributed by atoms with van der Waals surface area (Å²) >= 11 is 5.64. The van der Waals surface area contributed by atoms with E-state index in [0.29, 0.717) is 11.8 Å². The van der Waals surface area contributed by atoms with Crippen LogP contribution >= 0.6 is 11.6 Å². The van der Waals surface area contributed by atoms with Crippen LogP contribution in [0.2, 0.25) is 5.15 Å². The van der Waals surface area contributed by atoms with Gasteiger partial charge in [-0.05, 0) is 19.4 Å². The third-order valence-electron chi connectivity index (χ3n) is 1.75. The standard InChI is InChI=1S/C10H13ClN2O/c1-3-8(2)13-14-7-9-4-5-10(11)12-6-9/h4-6H,3,7H2,1-2H3/b13-8+. The third kappa shape index (κ3) is 3.75. The molecule has 0 aliphatic rings. The van der Waals surface area contributed by atoms with Crippen LogP contribution in [0.25, 0.3) is 0 Å². The number of pyridine rings is 1. The molecule has 14 heavy (non-hydrogen) atoms. The van der Waals surface area contributed by atoms with Gasteiger partial charge in [-0.2, -0.15) is 0 Å². The Hall–Kier alpha value is -1.09. The van der Waals surface area contributed by atoms with E-state index in [1.165, 1.54) is 0 Å². The Bertz CT molecular complexity index is 308. The normalized spacial score (nSPS) is 11.5. The second kappa shape index (κ2) is 5.60. The minimum Gasteiger partial charge on any atom is -0.391 e. The number of hydrogen-bond donors (Lipinski definition) is 0. The number of nitrogens with zero attached hydrogens (tertiary/aromatic N) is 2. The van der Waals surface area contributed by atoms with Crippen LogP contribution in [-0.2, 0) is 11.4 Å². The van der Waals surface area contributed by atoms with Gasteiger partial charge < -0.3 is 4.84 Å². The molecule has 0 fully saturated rings. The molecule has 0 unspecified atom stereocenters. The Balaban J connectivity index is 2.42. The predicted octanol–water partition coefficient (Wildman–Crippen LogP) is 3.04. The number of aromatic nitrogens is 1. The van der Waals surface area contributed by atoms with Crippen molar-refractivity contribution in [3.05, 3.63) is 29.0 Å². The monoisotopic (exact) mass is 212 g/mol. The van der Waals surface area contributed by atoms with E-state index in [2.05, 4.69) is 10.1 Å². The van der Waals surface area contributed by atoms with E-state index in [-0.39, 0.29) is 0 Å². The first kappa shape index (κ1) is 11.0. The molecule has 0 saturated heterocycles. The van der Waals surface area contributed by atoms with Crippen LogP contribution < -0.4 is 0 Å². The Kier molecular flexibility index (Phi) is 4.40. The van der Waals surface area contributed by atoms with Gasteiger partial charge in [0.15, 0.2) is 0 Å². The number of rotatable bonds is 4. The lowest BCUT2D eigenvalue weighted by Crippen LogP contribution is -1.92. The fraction of sp³-hybridized carbons (Fsp3) is 0.400. The van der Waals surface area contributed by atoms with Gasteiger partial charge in [-0.3, -0.25) is 0 Å². The maximum absolute atomic E-state index is 5.64. The van der Waals surface area contributed by atoms with E-state index < -0.39 is 0 Å². The van der Waals surface area contributed by atoms with Gasteiger partial charge in [-0.25, -0.2) is 4.98 Å². The van der Waals surface area contributed by atoms with Gasteiger partial charge >= 0.3 is 0 Å². The predicted molar refractivity (Wildman–Crippen MR) is 57.4 cm³/mol. The van der Waals surface area contributed by atoms with E-state index in [1.54, 1.807) is 12.3 Å². The van der Waals surface area contributed by atoms with Crippen molar-refractivity contribution in [2.45, 2.75) is 26.9 Å². The summed E-state index contributed by atoms with van der Waals surface area (Å²) in [5, 5.41) is 4.40. The zero-order valence-electron chi connectivity index (χ0n) is 8.33. The second-order valence-electron chi connectivity index (χ2n) is 2.94. The average molecular weight is 213 g/mol. The van der Waals surface area contributed by atoms with Crippen molar-refractivity contribution in [2.24, 2.45) is 5.16 Å². The van der Waals surface area contributed by atoms with E-state index in [1.807, 2.05) is 19.9 Å². The molecular formula is C10H13ClN2O. The molecule has 0 aromatic carbocycles. The molecule has 1 aromatic heterocycles. The summed E-state index contributed by atoms with van der Waals surface area (Å²) in [5.41, 5.74) is 1.94. The van der Waals surface area contributed by atoms with Crippen LogP contribution in [-0.4, -0.2) is 10.7 Å². The minimum absolute atomic E-state index is 0.432. The zero-order valence-corrected chi connectivity index (χ0v) is 9.08. The molecule has 0 aliphatic carbocycles. The molecule has 0 saturated carbocycles. The second-order valence-corrected chi connectivity index (χ2v) is 3.33. The average Bonchev–Trinajstić information content (AvgIpc) is 2.21. The molecular weight excluding hydrogens is 200 g/mol. The summed E-state index contributed by atoms with van der Waals surface area (Å²) in [6, 6.07) is 3.60. The van der Waals surface area contributed by atoms with Gasteiger partial charge in [-0.15, -0.1) is 0 Å². The van der Waals surface area contributed by atoms with Gasteiger partial charge in [0.05, 0.1) is 5.71 Å². The van der Waals surface area contributed by atoms with Crippen molar-refractivity contribution in [3.63, 3.8) is 0 Å². The van der Waals surface area contributed by atoms with E-state index in [4.69, 9.17) is 16.4 Å². The Labute approximate surface area is 88.7 Å². The summed E-state index contributed by atoms with van der Waals surface area (Å²) in [5.74, 6) is 0. The van der Waals surface area contributed by atoms with Crippen molar-refractivity contribution in [3.8, 4) is 0 Å². The van der Waals surface area contributed by atoms with Gasteiger partial charge in [0.1, 0.15) is 11.8 Å². The van der Waals surface area contributed by atoms with Gasteiger partial charge in [0.2, 0.25) is 0 Å². The van der Waals surface area contributed by atoms with Crippen LogP contribution in [0.4, 0.5) is 0 Å². The van der Waals surface area contributed by atoms with E-state index in [9.17, 15) is 0 Å². The topological polar surface area (TPSA) is 34.5 Å². The largest absolute Gasteiger partial charge is 0.391 e.